The van der Waals surface area contributed by atoms with Gasteiger partial charge in [-0.25, -0.2) is 9.97 Å². The average Bonchev–Trinajstić information content (AvgIpc) is 2.15. The monoisotopic (exact) mass is 256 g/mol. The summed E-state index contributed by atoms with van der Waals surface area (Å²) < 4.78 is 0. The Bertz CT molecular complexity index is 420. The number of anilines is 1. The highest BCUT2D eigenvalue weighted by Gasteiger charge is 2.25. The van der Waals surface area contributed by atoms with E-state index < -0.39 is 11.4 Å². The number of nitrogens with two attached hydrogens (primary N) is 1. The minimum atomic E-state index is -0.874. The molecule has 17 heavy (non-hydrogen) atoms. The second-order valence-electron chi connectivity index (χ2n) is 4.36. The largest absolute Gasteiger partial charge is 0.368 e. The zero-order valence-electron chi connectivity index (χ0n) is 10.2. The molecule has 1 aromatic rings. The summed E-state index contributed by atoms with van der Waals surface area (Å²) in [7, 11) is 0. The van der Waals surface area contributed by atoms with Crippen LogP contribution >= 0.6 is 11.6 Å². The third kappa shape index (κ3) is 3.85. The van der Waals surface area contributed by atoms with Crippen LogP contribution < -0.4 is 11.1 Å². The van der Waals surface area contributed by atoms with Crippen LogP contribution in [-0.4, -0.2) is 21.4 Å². The van der Waals surface area contributed by atoms with E-state index in [9.17, 15) is 4.79 Å². The predicted octanol–water partition coefficient (Wildman–Crippen LogP) is 1.76. The molecule has 0 saturated heterocycles. The van der Waals surface area contributed by atoms with Gasteiger partial charge in [-0.05, 0) is 20.3 Å². The molecule has 0 aliphatic heterocycles. The first-order chi connectivity index (χ1) is 7.85. The molecule has 0 radical (unpaired) electrons. The van der Waals surface area contributed by atoms with Crippen LogP contribution in [0.3, 0.4) is 0 Å². The van der Waals surface area contributed by atoms with Crippen LogP contribution in [0.4, 0.5) is 5.82 Å². The number of hydrogen-bond donors (Lipinski definition) is 2. The number of primary amides is 1. The second kappa shape index (κ2) is 5.31. The minimum absolute atomic E-state index is 0.353. The Morgan fingerprint density at radius 3 is 2.71 bits per heavy atom. The standard InChI is InChI=1S/C11H17ClN4O/c1-4-5-8-14-7(12)6-9(15-8)16-11(2,3)10(13)17/h6H,4-5H2,1-3H3,(H2,13,17)(H,14,15,16). The highest BCUT2D eigenvalue weighted by Crippen LogP contribution is 2.17. The Morgan fingerprint density at radius 1 is 1.53 bits per heavy atom. The number of carbonyl (C=O) groups excluding carboxylic acids is 1. The van der Waals surface area contributed by atoms with Gasteiger partial charge in [0.15, 0.2) is 0 Å². The van der Waals surface area contributed by atoms with Gasteiger partial charge >= 0.3 is 0 Å². The summed E-state index contributed by atoms with van der Waals surface area (Å²) in [4.78, 5) is 19.6. The lowest BCUT2D eigenvalue weighted by molar-refractivity contribution is -0.121. The Labute approximate surface area is 106 Å². The number of carbonyl (C=O) groups is 1. The summed E-state index contributed by atoms with van der Waals surface area (Å²) in [6, 6.07) is 1.57. The Morgan fingerprint density at radius 2 is 2.18 bits per heavy atom. The van der Waals surface area contributed by atoms with Gasteiger partial charge in [-0.3, -0.25) is 4.79 Å². The maximum Gasteiger partial charge on any atom is 0.242 e. The van der Waals surface area contributed by atoms with E-state index in [0.717, 1.165) is 12.8 Å². The second-order valence-corrected chi connectivity index (χ2v) is 4.74. The van der Waals surface area contributed by atoms with Crippen molar-refractivity contribution in [3.8, 4) is 0 Å². The molecule has 1 rings (SSSR count). The van der Waals surface area contributed by atoms with Crippen LogP contribution in [0.2, 0.25) is 5.15 Å². The van der Waals surface area contributed by atoms with E-state index >= 15 is 0 Å². The fourth-order valence-corrected chi connectivity index (χ4v) is 1.45. The lowest BCUT2D eigenvalue weighted by Crippen LogP contribution is -2.45. The van der Waals surface area contributed by atoms with E-state index in [0.29, 0.717) is 16.8 Å². The van der Waals surface area contributed by atoms with Crippen molar-refractivity contribution in [2.45, 2.75) is 39.2 Å². The summed E-state index contributed by atoms with van der Waals surface area (Å²) in [6.07, 6.45) is 1.67. The number of aromatic nitrogens is 2. The molecule has 0 unspecified atom stereocenters. The van der Waals surface area contributed by atoms with E-state index in [1.54, 1.807) is 19.9 Å². The maximum atomic E-state index is 11.2. The summed E-state index contributed by atoms with van der Waals surface area (Å²) in [5.74, 6) is 0.712. The van der Waals surface area contributed by atoms with Gasteiger partial charge < -0.3 is 11.1 Å². The lowest BCUT2D eigenvalue weighted by Gasteiger charge is -2.23. The van der Waals surface area contributed by atoms with Gasteiger partial charge in [-0.15, -0.1) is 0 Å². The molecular formula is C11H17ClN4O. The summed E-state index contributed by atoms with van der Waals surface area (Å²) in [6.45, 7) is 5.40. The molecule has 0 bridgehead atoms. The molecule has 0 saturated carbocycles. The van der Waals surface area contributed by atoms with E-state index in [4.69, 9.17) is 17.3 Å². The quantitative estimate of drug-likeness (QED) is 0.787. The molecule has 1 heterocycles. The van der Waals surface area contributed by atoms with Crippen molar-refractivity contribution in [3.05, 3.63) is 17.0 Å². The molecule has 1 amide bonds. The first-order valence-corrected chi connectivity index (χ1v) is 5.84. The van der Waals surface area contributed by atoms with Gasteiger partial charge in [0.25, 0.3) is 0 Å². The van der Waals surface area contributed by atoms with Crippen molar-refractivity contribution in [2.75, 3.05) is 5.32 Å². The first-order valence-electron chi connectivity index (χ1n) is 5.46. The summed E-state index contributed by atoms with van der Waals surface area (Å²) in [5, 5.41) is 3.30. The van der Waals surface area contributed by atoms with Gasteiger partial charge in [0.1, 0.15) is 22.3 Å². The molecule has 0 spiro atoms. The van der Waals surface area contributed by atoms with Crippen LogP contribution in [0.5, 0.6) is 0 Å². The lowest BCUT2D eigenvalue weighted by atomic mass is 10.1. The fourth-order valence-electron chi connectivity index (χ4n) is 1.25. The van der Waals surface area contributed by atoms with Gasteiger partial charge in [0.05, 0.1) is 0 Å². The van der Waals surface area contributed by atoms with Gasteiger partial charge in [0, 0.05) is 12.5 Å². The van der Waals surface area contributed by atoms with Gasteiger partial charge in [0.2, 0.25) is 5.91 Å². The number of rotatable bonds is 5. The van der Waals surface area contributed by atoms with E-state index in [1.165, 1.54) is 0 Å². The Kier molecular flexibility index (Phi) is 4.28. The van der Waals surface area contributed by atoms with Crippen LogP contribution in [-0.2, 0) is 11.2 Å². The predicted molar refractivity (Wildman–Crippen MR) is 67.9 cm³/mol. The van der Waals surface area contributed by atoms with E-state index in [-0.39, 0.29) is 0 Å². The summed E-state index contributed by atoms with van der Waals surface area (Å²) >= 11 is 5.89. The number of aryl methyl sites for hydroxylation is 1. The van der Waals surface area contributed by atoms with Crippen LogP contribution in [0.25, 0.3) is 0 Å². The normalized spacial score (nSPS) is 11.3. The van der Waals surface area contributed by atoms with Crippen molar-refractivity contribution in [1.29, 1.82) is 0 Å². The zero-order valence-corrected chi connectivity index (χ0v) is 11.0. The van der Waals surface area contributed by atoms with Crippen LogP contribution in [0.1, 0.15) is 33.0 Å². The zero-order chi connectivity index (χ0) is 13.1. The topological polar surface area (TPSA) is 80.9 Å². The summed E-state index contributed by atoms with van der Waals surface area (Å²) in [5.41, 5.74) is 4.40. The first kappa shape index (κ1) is 13.7. The molecule has 0 atom stereocenters. The number of nitrogens with zero attached hydrogens (tertiary/aromatic N) is 2. The molecule has 5 nitrogen and oxygen atoms in total. The Balaban J connectivity index is 2.95. The number of nitrogens with one attached hydrogen (secondary N) is 1. The van der Waals surface area contributed by atoms with Gasteiger partial charge in [-0.1, -0.05) is 18.5 Å². The number of halogens is 1. The molecular weight excluding hydrogens is 240 g/mol. The van der Waals surface area contributed by atoms with E-state index in [1.807, 2.05) is 6.92 Å². The highest BCUT2D eigenvalue weighted by molar-refractivity contribution is 6.29. The van der Waals surface area contributed by atoms with Crippen molar-refractivity contribution < 1.29 is 4.79 Å². The molecule has 0 fully saturated rings. The molecule has 1 aromatic heterocycles. The van der Waals surface area contributed by atoms with Crippen molar-refractivity contribution in [3.63, 3.8) is 0 Å². The van der Waals surface area contributed by atoms with Crippen molar-refractivity contribution in [2.24, 2.45) is 5.73 Å². The molecule has 0 aromatic carbocycles. The third-order valence-electron chi connectivity index (χ3n) is 2.27. The highest BCUT2D eigenvalue weighted by atomic mass is 35.5. The van der Waals surface area contributed by atoms with Gasteiger partial charge in [-0.2, -0.15) is 0 Å². The number of amides is 1. The van der Waals surface area contributed by atoms with Crippen molar-refractivity contribution >= 4 is 23.3 Å². The molecule has 3 N–H and O–H groups in total. The van der Waals surface area contributed by atoms with Crippen molar-refractivity contribution in [1.82, 2.24) is 9.97 Å². The fraction of sp³-hybridized carbons (Fsp3) is 0.545. The number of hydrogen-bond acceptors (Lipinski definition) is 4. The van der Waals surface area contributed by atoms with Crippen LogP contribution in [0, 0.1) is 0 Å². The minimum Gasteiger partial charge on any atom is -0.368 e. The third-order valence-corrected chi connectivity index (χ3v) is 2.46. The molecule has 6 heteroatoms. The van der Waals surface area contributed by atoms with E-state index in [2.05, 4.69) is 15.3 Å². The molecule has 94 valence electrons. The molecule has 0 aliphatic carbocycles. The van der Waals surface area contributed by atoms with Crippen LogP contribution in [0.15, 0.2) is 6.07 Å². The Hall–Kier alpha value is -1.36. The SMILES string of the molecule is CCCc1nc(Cl)cc(NC(C)(C)C(N)=O)n1. The average molecular weight is 257 g/mol. The maximum absolute atomic E-state index is 11.2. The molecule has 0 aliphatic rings. The smallest absolute Gasteiger partial charge is 0.242 e.